The van der Waals surface area contributed by atoms with Gasteiger partial charge in [0.1, 0.15) is 11.7 Å². The number of carbonyl (C=O) groups excluding carboxylic acids is 1. The summed E-state index contributed by atoms with van der Waals surface area (Å²) in [5.41, 5.74) is 0.996. The van der Waals surface area contributed by atoms with Crippen LogP contribution in [0.1, 0.15) is 27.4 Å². The van der Waals surface area contributed by atoms with Gasteiger partial charge in [-0.25, -0.2) is 4.39 Å². The first-order chi connectivity index (χ1) is 9.95. The minimum absolute atomic E-state index is 0.0254. The van der Waals surface area contributed by atoms with Crippen molar-refractivity contribution in [3.63, 3.8) is 0 Å². The van der Waals surface area contributed by atoms with Gasteiger partial charge in [0.2, 0.25) is 0 Å². The summed E-state index contributed by atoms with van der Waals surface area (Å²) in [5.74, 6) is -2.48. The lowest BCUT2D eigenvalue weighted by Gasteiger charge is -2.11. The average molecular weight is 322 g/mol. The lowest BCUT2D eigenvalue weighted by atomic mass is 9.91. The molecule has 21 heavy (non-hydrogen) atoms. The van der Waals surface area contributed by atoms with Crippen molar-refractivity contribution in [2.24, 2.45) is 0 Å². The van der Waals surface area contributed by atoms with Crippen LogP contribution < -0.4 is 0 Å². The van der Waals surface area contributed by atoms with Crippen LogP contribution in [-0.2, 0) is 0 Å². The number of halogens is 3. The molecule has 106 valence electrons. The van der Waals surface area contributed by atoms with Gasteiger partial charge in [-0.2, -0.15) is 5.26 Å². The van der Waals surface area contributed by atoms with E-state index in [2.05, 4.69) is 0 Å². The lowest BCUT2D eigenvalue weighted by molar-refractivity contribution is 0.0977. The second kappa shape index (κ2) is 6.26. The van der Waals surface area contributed by atoms with Crippen LogP contribution in [0, 0.1) is 24.1 Å². The Morgan fingerprint density at radius 1 is 1.24 bits per heavy atom. The van der Waals surface area contributed by atoms with Crippen molar-refractivity contribution in [3.8, 4) is 6.07 Å². The van der Waals surface area contributed by atoms with Crippen molar-refractivity contribution in [1.82, 2.24) is 0 Å². The molecule has 1 atom stereocenters. The monoisotopic (exact) mass is 321 g/mol. The number of benzene rings is 2. The van der Waals surface area contributed by atoms with E-state index >= 15 is 0 Å². The fourth-order valence-corrected chi connectivity index (χ4v) is 2.28. The van der Waals surface area contributed by atoms with E-state index in [0.29, 0.717) is 16.1 Å². The first kappa shape index (κ1) is 15.5. The summed E-state index contributed by atoms with van der Waals surface area (Å²) in [7, 11) is 0. The average Bonchev–Trinajstić information content (AvgIpc) is 2.47. The molecule has 0 fully saturated rings. The molecule has 0 radical (unpaired) electrons. The zero-order chi connectivity index (χ0) is 15.6. The molecular weight excluding hydrogens is 312 g/mol. The van der Waals surface area contributed by atoms with E-state index < -0.39 is 17.5 Å². The third-order valence-electron chi connectivity index (χ3n) is 3.13. The summed E-state index contributed by atoms with van der Waals surface area (Å²) in [5, 5.41) is 9.65. The standard InChI is InChI=1S/C16H10Cl2FNO/c1-9-7-10(5-6-13(9)17)16(21)12(8-20)11-3-2-4-14(18)15(11)19/h2-7,12H,1H3. The highest BCUT2D eigenvalue weighted by Gasteiger charge is 2.25. The summed E-state index contributed by atoms with van der Waals surface area (Å²) in [6, 6.07) is 10.8. The van der Waals surface area contributed by atoms with E-state index in [1.165, 1.54) is 24.3 Å². The first-order valence-electron chi connectivity index (χ1n) is 6.09. The van der Waals surface area contributed by atoms with Gasteiger partial charge in [0.05, 0.1) is 11.1 Å². The minimum Gasteiger partial charge on any atom is -0.292 e. The Bertz CT molecular complexity index is 752. The number of hydrogen-bond acceptors (Lipinski definition) is 2. The number of carbonyl (C=O) groups is 1. The summed E-state index contributed by atoms with van der Waals surface area (Å²) in [6.45, 7) is 1.75. The van der Waals surface area contributed by atoms with E-state index in [1.807, 2.05) is 6.07 Å². The van der Waals surface area contributed by atoms with Gasteiger partial charge in [-0.1, -0.05) is 35.3 Å². The van der Waals surface area contributed by atoms with Crippen LogP contribution in [0.25, 0.3) is 0 Å². The lowest BCUT2D eigenvalue weighted by Crippen LogP contribution is -2.13. The molecule has 2 rings (SSSR count). The Hall–Kier alpha value is -1.89. The van der Waals surface area contributed by atoms with Gasteiger partial charge < -0.3 is 0 Å². The fraction of sp³-hybridized carbons (Fsp3) is 0.125. The van der Waals surface area contributed by atoms with Crippen molar-refractivity contribution in [3.05, 3.63) is 69.0 Å². The molecule has 2 nitrogen and oxygen atoms in total. The highest BCUT2D eigenvalue weighted by Crippen LogP contribution is 2.28. The molecule has 2 aromatic carbocycles. The van der Waals surface area contributed by atoms with Crippen LogP contribution in [0.5, 0.6) is 0 Å². The predicted octanol–water partition coefficient (Wildman–Crippen LogP) is 4.93. The SMILES string of the molecule is Cc1cc(C(=O)C(C#N)c2cccc(Cl)c2F)ccc1Cl. The van der Waals surface area contributed by atoms with Gasteiger partial charge >= 0.3 is 0 Å². The number of rotatable bonds is 3. The molecule has 0 aliphatic rings. The Kier molecular flexibility index (Phi) is 4.62. The highest BCUT2D eigenvalue weighted by atomic mass is 35.5. The molecule has 5 heteroatoms. The van der Waals surface area contributed by atoms with E-state index in [9.17, 15) is 14.4 Å². The summed E-state index contributed by atoms with van der Waals surface area (Å²) in [4.78, 5) is 12.4. The molecule has 0 saturated heterocycles. The van der Waals surface area contributed by atoms with Crippen LogP contribution in [-0.4, -0.2) is 5.78 Å². The van der Waals surface area contributed by atoms with Crippen LogP contribution >= 0.6 is 23.2 Å². The Morgan fingerprint density at radius 3 is 2.57 bits per heavy atom. The number of nitriles is 1. The van der Waals surface area contributed by atoms with E-state index in [4.69, 9.17) is 23.2 Å². The van der Waals surface area contributed by atoms with Crippen molar-refractivity contribution >= 4 is 29.0 Å². The summed E-state index contributed by atoms with van der Waals surface area (Å²) < 4.78 is 14.0. The second-order valence-electron chi connectivity index (χ2n) is 4.53. The van der Waals surface area contributed by atoms with Crippen molar-refractivity contribution in [2.75, 3.05) is 0 Å². The normalized spacial score (nSPS) is 11.8. The summed E-state index contributed by atoms with van der Waals surface area (Å²) in [6.07, 6.45) is 0. The Balaban J connectivity index is 2.46. The third-order valence-corrected chi connectivity index (χ3v) is 3.84. The highest BCUT2D eigenvalue weighted by molar-refractivity contribution is 6.31. The maximum absolute atomic E-state index is 14.0. The third kappa shape index (κ3) is 3.07. The van der Waals surface area contributed by atoms with Crippen molar-refractivity contribution in [1.29, 1.82) is 5.26 Å². The van der Waals surface area contributed by atoms with E-state index in [-0.39, 0.29) is 10.6 Å². The molecular formula is C16H10Cl2FNO. The molecule has 0 aliphatic carbocycles. The molecule has 0 aliphatic heterocycles. The van der Waals surface area contributed by atoms with Crippen LogP contribution in [0.15, 0.2) is 36.4 Å². The second-order valence-corrected chi connectivity index (χ2v) is 5.35. The minimum atomic E-state index is -1.25. The zero-order valence-corrected chi connectivity index (χ0v) is 12.5. The zero-order valence-electron chi connectivity index (χ0n) is 11.0. The smallest absolute Gasteiger partial charge is 0.184 e. The van der Waals surface area contributed by atoms with Gasteiger partial charge in [0.25, 0.3) is 0 Å². The van der Waals surface area contributed by atoms with Crippen molar-refractivity contribution < 1.29 is 9.18 Å². The number of Topliss-reactive ketones (excluding diaryl/α,β-unsaturated/α-hetero) is 1. The molecule has 0 spiro atoms. The molecule has 0 N–H and O–H groups in total. The summed E-state index contributed by atoms with van der Waals surface area (Å²) >= 11 is 11.6. The fourth-order valence-electron chi connectivity index (χ4n) is 1.98. The van der Waals surface area contributed by atoms with E-state index in [0.717, 1.165) is 0 Å². The predicted molar refractivity (Wildman–Crippen MR) is 80.3 cm³/mol. The molecule has 0 saturated carbocycles. The van der Waals surface area contributed by atoms with Crippen LogP contribution in [0.2, 0.25) is 10.0 Å². The van der Waals surface area contributed by atoms with Crippen molar-refractivity contribution in [2.45, 2.75) is 12.8 Å². The van der Waals surface area contributed by atoms with Gasteiger partial charge in [0, 0.05) is 16.1 Å². The first-order valence-corrected chi connectivity index (χ1v) is 6.85. The van der Waals surface area contributed by atoms with Gasteiger partial charge in [-0.05, 0) is 36.8 Å². The Labute approximate surface area is 131 Å². The number of hydrogen-bond donors (Lipinski definition) is 0. The quantitative estimate of drug-likeness (QED) is 0.752. The Morgan fingerprint density at radius 2 is 1.95 bits per heavy atom. The molecule has 0 heterocycles. The van der Waals surface area contributed by atoms with E-state index in [1.54, 1.807) is 19.1 Å². The number of aryl methyl sites for hydroxylation is 1. The van der Waals surface area contributed by atoms with Gasteiger partial charge in [0.15, 0.2) is 5.78 Å². The van der Waals surface area contributed by atoms with Gasteiger partial charge in [-0.3, -0.25) is 4.79 Å². The number of ketones is 1. The van der Waals surface area contributed by atoms with Crippen LogP contribution in [0.4, 0.5) is 4.39 Å². The molecule has 2 aromatic rings. The number of nitrogens with zero attached hydrogens (tertiary/aromatic N) is 1. The molecule has 0 bridgehead atoms. The topological polar surface area (TPSA) is 40.9 Å². The largest absolute Gasteiger partial charge is 0.292 e. The molecule has 0 aromatic heterocycles. The van der Waals surface area contributed by atoms with Crippen LogP contribution in [0.3, 0.4) is 0 Å². The van der Waals surface area contributed by atoms with Gasteiger partial charge in [-0.15, -0.1) is 0 Å². The maximum atomic E-state index is 14.0. The molecule has 1 unspecified atom stereocenters. The maximum Gasteiger partial charge on any atom is 0.184 e. The molecule has 0 amide bonds.